The lowest BCUT2D eigenvalue weighted by Crippen LogP contribution is -2.53. The molecule has 0 radical (unpaired) electrons. The molecule has 2 aliphatic rings. The van der Waals surface area contributed by atoms with Crippen LogP contribution < -0.4 is 5.32 Å². The van der Waals surface area contributed by atoms with Crippen LogP contribution in [-0.2, 0) is 6.54 Å². The van der Waals surface area contributed by atoms with Gasteiger partial charge in [-0.15, -0.1) is 12.4 Å². The number of nitrogens with zero attached hydrogens (tertiary/aromatic N) is 1. The zero-order valence-corrected chi connectivity index (χ0v) is 12.7. The molecule has 2 unspecified atom stereocenters. The summed E-state index contributed by atoms with van der Waals surface area (Å²) in [5, 5.41) is 3.59. The van der Waals surface area contributed by atoms with Gasteiger partial charge >= 0.3 is 0 Å². The molecule has 0 aromatic heterocycles. The van der Waals surface area contributed by atoms with E-state index >= 15 is 0 Å². The molecule has 1 aliphatic heterocycles. The third-order valence-electron chi connectivity index (χ3n) is 4.07. The Morgan fingerprint density at radius 3 is 2.16 bits per heavy atom. The van der Waals surface area contributed by atoms with E-state index in [1.807, 2.05) is 0 Å². The minimum Gasteiger partial charge on any atom is -0.309 e. The van der Waals surface area contributed by atoms with Crippen LogP contribution in [0.3, 0.4) is 0 Å². The lowest BCUT2D eigenvalue weighted by Gasteiger charge is -2.36. The van der Waals surface area contributed by atoms with Crippen LogP contribution in [0.2, 0.25) is 0 Å². The topological polar surface area (TPSA) is 15.3 Å². The fourth-order valence-corrected chi connectivity index (χ4v) is 3.14. The molecule has 2 atom stereocenters. The fourth-order valence-electron chi connectivity index (χ4n) is 3.14. The molecule has 0 spiro atoms. The Hall–Kier alpha value is -0.570. The van der Waals surface area contributed by atoms with Gasteiger partial charge < -0.3 is 5.32 Å². The highest BCUT2D eigenvalue weighted by molar-refractivity contribution is 5.85. The first-order valence-electron chi connectivity index (χ1n) is 7.28. The van der Waals surface area contributed by atoms with E-state index in [0.717, 1.165) is 25.6 Å². The van der Waals surface area contributed by atoms with E-state index in [1.165, 1.54) is 18.4 Å². The summed E-state index contributed by atoms with van der Waals surface area (Å²) < 4.78 is 0. The van der Waals surface area contributed by atoms with Crippen molar-refractivity contribution in [3.63, 3.8) is 0 Å². The number of hydrogen-bond donors (Lipinski definition) is 1. The molecule has 1 N–H and O–H groups in total. The summed E-state index contributed by atoms with van der Waals surface area (Å²) in [5.41, 5.74) is 3.00. The number of benzene rings is 1. The zero-order chi connectivity index (χ0) is 12.5. The summed E-state index contributed by atoms with van der Waals surface area (Å²) >= 11 is 0. The van der Waals surface area contributed by atoms with Gasteiger partial charge in [-0.25, -0.2) is 0 Å². The monoisotopic (exact) mass is 280 g/mol. The summed E-state index contributed by atoms with van der Waals surface area (Å²) in [6.45, 7) is 7.97. The largest absolute Gasteiger partial charge is 0.309 e. The van der Waals surface area contributed by atoms with Crippen LogP contribution >= 0.6 is 12.4 Å². The highest BCUT2D eigenvalue weighted by Gasteiger charge is 2.23. The highest BCUT2D eigenvalue weighted by Crippen LogP contribution is 2.39. The second-order valence-corrected chi connectivity index (χ2v) is 6.18. The van der Waals surface area contributed by atoms with E-state index in [4.69, 9.17) is 0 Å². The van der Waals surface area contributed by atoms with Gasteiger partial charge in [-0.2, -0.15) is 0 Å². The summed E-state index contributed by atoms with van der Waals surface area (Å²) in [7, 11) is 0. The molecule has 1 aliphatic carbocycles. The van der Waals surface area contributed by atoms with Gasteiger partial charge in [-0.3, -0.25) is 4.90 Å². The van der Waals surface area contributed by atoms with Crippen LogP contribution in [0.15, 0.2) is 24.3 Å². The van der Waals surface area contributed by atoms with Crippen molar-refractivity contribution in [3.05, 3.63) is 35.4 Å². The third-order valence-corrected chi connectivity index (χ3v) is 4.07. The summed E-state index contributed by atoms with van der Waals surface area (Å²) in [6.07, 6.45) is 2.79. The van der Waals surface area contributed by atoms with Crippen LogP contribution in [0.5, 0.6) is 0 Å². The molecule has 0 amide bonds. The van der Waals surface area contributed by atoms with E-state index in [2.05, 4.69) is 48.3 Å². The SMILES string of the molecule is CC1CN(Cc2ccc(C3CC3)cc2)CC(C)N1.Cl. The van der Waals surface area contributed by atoms with E-state index in [9.17, 15) is 0 Å². The molecule has 0 bridgehead atoms. The Balaban J connectivity index is 0.00000133. The van der Waals surface area contributed by atoms with Crippen molar-refractivity contribution in [1.82, 2.24) is 10.2 Å². The van der Waals surface area contributed by atoms with Crippen LogP contribution in [0.25, 0.3) is 0 Å². The zero-order valence-electron chi connectivity index (χ0n) is 11.9. The van der Waals surface area contributed by atoms with E-state index in [-0.39, 0.29) is 12.4 Å². The van der Waals surface area contributed by atoms with Gasteiger partial charge in [0.25, 0.3) is 0 Å². The molecule has 1 aromatic rings. The van der Waals surface area contributed by atoms with Crippen molar-refractivity contribution in [2.45, 2.75) is 51.2 Å². The summed E-state index contributed by atoms with van der Waals surface area (Å²) in [4.78, 5) is 2.57. The first kappa shape index (κ1) is 14.8. The maximum Gasteiger partial charge on any atom is 0.0235 e. The van der Waals surface area contributed by atoms with Gasteiger partial charge in [-0.1, -0.05) is 24.3 Å². The van der Waals surface area contributed by atoms with E-state index in [1.54, 1.807) is 5.56 Å². The minimum atomic E-state index is 0. The molecule has 1 aromatic carbocycles. The Morgan fingerprint density at radius 1 is 1.05 bits per heavy atom. The Kier molecular flexibility index (Phi) is 4.88. The number of halogens is 1. The first-order valence-corrected chi connectivity index (χ1v) is 7.28. The average molecular weight is 281 g/mol. The van der Waals surface area contributed by atoms with Crippen molar-refractivity contribution in [3.8, 4) is 0 Å². The average Bonchev–Trinajstić information content (AvgIpc) is 3.12. The quantitative estimate of drug-likeness (QED) is 0.915. The van der Waals surface area contributed by atoms with Crippen molar-refractivity contribution in [1.29, 1.82) is 0 Å². The van der Waals surface area contributed by atoms with Crippen molar-refractivity contribution in [2.75, 3.05) is 13.1 Å². The lowest BCUT2D eigenvalue weighted by atomic mass is 10.1. The molecule has 1 saturated carbocycles. The first-order chi connectivity index (χ1) is 8.70. The molecule has 2 fully saturated rings. The van der Waals surface area contributed by atoms with Crippen LogP contribution in [-0.4, -0.2) is 30.1 Å². The Morgan fingerprint density at radius 2 is 1.63 bits per heavy atom. The standard InChI is InChI=1S/C16H24N2.ClH/c1-12-9-18(10-13(2)17-12)11-14-3-5-15(6-4-14)16-7-8-16;/h3-6,12-13,16-17H,7-11H2,1-2H3;1H. The molecule has 2 nitrogen and oxygen atoms in total. The van der Waals surface area contributed by atoms with Gasteiger partial charge in [0, 0.05) is 31.7 Å². The summed E-state index contributed by atoms with van der Waals surface area (Å²) in [5.74, 6) is 0.873. The second-order valence-electron chi connectivity index (χ2n) is 6.18. The number of nitrogens with one attached hydrogen (secondary N) is 1. The molecule has 106 valence electrons. The lowest BCUT2D eigenvalue weighted by molar-refractivity contribution is 0.166. The van der Waals surface area contributed by atoms with Gasteiger partial charge in [0.15, 0.2) is 0 Å². The number of hydrogen-bond acceptors (Lipinski definition) is 2. The van der Waals surface area contributed by atoms with Gasteiger partial charge in [0.1, 0.15) is 0 Å². The smallest absolute Gasteiger partial charge is 0.0235 e. The predicted molar refractivity (Wildman–Crippen MR) is 83.0 cm³/mol. The van der Waals surface area contributed by atoms with Crippen molar-refractivity contribution < 1.29 is 0 Å². The van der Waals surface area contributed by atoms with Crippen LogP contribution in [0.4, 0.5) is 0 Å². The second kappa shape index (κ2) is 6.25. The normalized spacial score (nSPS) is 27.9. The fraction of sp³-hybridized carbons (Fsp3) is 0.625. The molecule has 3 rings (SSSR count). The van der Waals surface area contributed by atoms with E-state index < -0.39 is 0 Å². The van der Waals surface area contributed by atoms with Gasteiger partial charge in [0.05, 0.1) is 0 Å². The van der Waals surface area contributed by atoms with Crippen molar-refractivity contribution in [2.24, 2.45) is 0 Å². The molecule has 19 heavy (non-hydrogen) atoms. The minimum absolute atomic E-state index is 0. The maximum atomic E-state index is 3.59. The Labute approximate surface area is 123 Å². The molecular formula is C16H25ClN2. The number of piperazine rings is 1. The van der Waals surface area contributed by atoms with Crippen molar-refractivity contribution >= 4 is 12.4 Å². The predicted octanol–water partition coefficient (Wildman–Crippen LogP) is 3.17. The number of rotatable bonds is 3. The van der Waals surface area contributed by atoms with Gasteiger partial charge in [0.2, 0.25) is 0 Å². The highest BCUT2D eigenvalue weighted by atomic mass is 35.5. The molecule has 3 heteroatoms. The maximum absolute atomic E-state index is 3.59. The van der Waals surface area contributed by atoms with E-state index in [0.29, 0.717) is 12.1 Å². The van der Waals surface area contributed by atoms with Crippen LogP contribution in [0.1, 0.15) is 43.7 Å². The molecule has 1 heterocycles. The van der Waals surface area contributed by atoms with Crippen LogP contribution in [0, 0.1) is 0 Å². The Bertz CT molecular complexity index is 390. The van der Waals surface area contributed by atoms with Gasteiger partial charge in [-0.05, 0) is 43.7 Å². The third kappa shape index (κ3) is 3.95. The summed E-state index contributed by atoms with van der Waals surface area (Å²) in [6, 6.07) is 10.5. The molecular weight excluding hydrogens is 256 g/mol. The molecule has 1 saturated heterocycles.